The molecule has 0 bridgehead atoms. The van der Waals surface area contributed by atoms with Crippen LogP contribution in [0.15, 0.2) is 42.5 Å². The standard InChI is InChI=1S/C10H9N.C2H2/c11-10-6-5-8-3-1-2-4-9(8)7-10;1-2/h1-7H,11H2;1-2H. The van der Waals surface area contributed by atoms with E-state index in [1.807, 2.05) is 30.3 Å². The quantitative estimate of drug-likeness (QED) is 0.476. The number of fused-ring (bicyclic) bond motifs is 1. The van der Waals surface area contributed by atoms with Gasteiger partial charge in [-0.2, -0.15) is 0 Å². The molecular formula is C12H11N. The Morgan fingerprint density at radius 2 is 1.46 bits per heavy atom. The number of hydrogen-bond acceptors (Lipinski definition) is 1. The van der Waals surface area contributed by atoms with Crippen LogP contribution in [0.5, 0.6) is 0 Å². The summed E-state index contributed by atoms with van der Waals surface area (Å²) in [7, 11) is 0. The largest absolute Gasteiger partial charge is 0.399 e. The van der Waals surface area contributed by atoms with Gasteiger partial charge in [0.2, 0.25) is 0 Å². The fourth-order valence-electron chi connectivity index (χ4n) is 1.21. The van der Waals surface area contributed by atoms with Gasteiger partial charge in [-0.3, -0.25) is 0 Å². The number of rotatable bonds is 0. The maximum absolute atomic E-state index is 5.62. The molecule has 1 heteroatoms. The Morgan fingerprint density at radius 3 is 2.15 bits per heavy atom. The molecule has 0 aromatic heterocycles. The van der Waals surface area contributed by atoms with Crippen LogP contribution in [0, 0.1) is 12.8 Å². The van der Waals surface area contributed by atoms with Crippen LogP contribution in [-0.2, 0) is 0 Å². The van der Waals surface area contributed by atoms with E-state index in [0.717, 1.165) is 5.69 Å². The van der Waals surface area contributed by atoms with Gasteiger partial charge in [0.25, 0.3) is 0 Å². The van der Waals surface area contributed by atoms with Crippen molar-refractivity contribution in [3.63, 3.8) is 0 Å². The molecule has 2 N–H and O–H groups in total. The van der Waals surface area contributed by atoms with Crippen molar-refractivity contribution in [1.82, 2.24) is 0 Å². The molecule has 0 aliphatic heterocycles. The predicted octanol–water partition coefficient (Wildman–Crippen LogP) is 2.67. The van der Waals surface area contributed by atoms with E-state index in [2.05, 4.69) is 25.0 Å². The first-order chi connectivity index (χ1) is 6.36. The van der Waals surface area contributed by atoms with Gasteiger partial charge in [-0.05, 0) is 22.9 Å². The predicted molar refractivity (Wildman–Crippen MR) is 58.3 cm³/mol. The lowest BCUT2D eigenvalue weighted by molar-refractivity contribution is 1.73. The van der Waals surface area contributed by atoms with Crippen LogP contribution in [0.2, 0.25) is 0 Å². The van der Waals surface area contributed by atoms with Gasteiger partial charge in [0.15, 0.2) is 0 Å². The molecule has 2 aromatic carbocycles. The highest BCUT2D eigenvalue weighted by atomic mass is 14.5. The highest BCUT2D eigenvalue weighted by Crippen LogP contribution is 2.15. The van der Waals surface area contributed by atoms with E-state index in [1.165, 1.54) is 10.8 Å². The topological polar surface area (TPSA) is 26.0 Å². The van der Waals surface area contributed by atoms with Gasteiger partial charge in [0.1, 0.15) is 0 Å². The maximum Gasteiger partial charge on any atom is 0.0320 e. The normalized spacial score (nSPS) is 8.77. The number of benzene rings is 2. The minimum absolute atomic E-state index is 0.823. The third kappa shape index (κ3) is 2.00. The molecule has 0 spiro atoms. The van der Waals surface area contributed by atoms with Crippen molar-refractivity contribution in [3.05, 3.63) is 42.5 Å². The summed E-state index contributed by atoms with van der Waals surface area (Å²) in [6, 6.07) is 14.1. The molecule has 0 radical (unpaired) electrons. The molecule has 2 aromatic rings. The number of hydrogen-bond donors (Lipinski definition) is 1. The molecule has 0 aliphatic carbocycles. The Balaban J connectivity index is 0.000000396. The summed E-state index contributed by atoms with van der Waals surface area (Å²) < 4.78 is 0. The Hall–Kier alpha value is -1.94. The molecule has 1 nitrogen and oxygen atoms in total. The van der Waals surface area contributed by atoms with Crippen molar-refractivity contribution >= 4 is 16.5 Å². The van der Waals surface area contributed by atoms with E-state index in [9.17, 15) is 0 Å². The van der Waals surface area contributed by atoms with Crippen molar-refractivity contribution in [3.8, 4) is 12.8 Å². The van der Waals surface area contributed by atoms with Crippen LogP contribution in [0.3, 0.4) is 0 Å². The van der Waals surface area contributed by atoms with Crippen LogP contribution in [-0.4, -0.2) is 0 Å². The summed E-state index contributed by atoms with van der Waals surface area (Å²) in [6.07, 6.45) is 8.00. The second-order valence-corrected chi connectivity index (χ2v) is 2.61. The SMILES string of the molecule is C#C.Nc1ccc2ccccc2c1. The summed E-state index contributed by atoms with van der Waals surface area (Å²) in [5.41, 5.74) is 6.45. The molecule has 2 rings (SSSR count). The summed E-state index contributed by atoms with van der Waals surface area (Å²) in [5, 5.41) is 2.44. The van der Waals surface area contributed by atoms with Crippen molar-refractivity contribution in [2.24, 2.45) is 0 Å². The van der Waals surface area contributed by atoms with Gasteiger partial charge in [0.05, 0.1) is 0 Å². The smallest absolute Gasteiger partial charge is 0.0320 e. The summed E-state index contributed by atoms with van der Waals surface area (Å²) in [4.78, 5) is 0. The van der Waals surface area contributed by atoms with Crippen LogP contribution in [0.4, 0.5) is 5.69 Å². The first-order valence-corrected chi connectivity index (χ1v) is 3.94. The molecule has 0 saturated heterocycles. The molecule has 64 valence electrons. The van der Waals surface area contributed by atoms with Crippen molar-refractivity contribution in [2.45, 2.75) is 0 Å². The molecule has 0 fully saturated rings. The monoisotopic (exact) mass is 169 g/mol. The van der Waals surface area contributed by atoms with E-state index in [0.29, 0.717) is 0 Å². The minimum atomic E-state index is 0.823. The lowest BCUT2D eigenvalue weighted by Crippen LogP contribution is -1.82. The lowest BCUT2D eigenvalue weighted by atomic mass is 10.1. The van der Waals surface area contributed by atoms with Crippen molar-refractivity contribution in [2.75, 3.05) is 5.73 Å². The third-order valence-electron chi connectivity index (χ3n) is 1.77. The van der Waals surface area contributed by atoms with Crippen LogP contribution >= 0.6 is 0 Å². The molecule has 0 saturated carbocycles. The van der Waals surface area contributed by atoms with E-state index < -0.39 is 0 Å². The number of terminal acetylenes is 1. The maximum atomic E-state index is 5.62. The van der Waals surface area contributed by atoms with Gasteiger partial charge in [0, 0.05) is 5.69 Å². The first kappa shape index (κ1) is 9.15. The fraction of sp³-hybridized carbons (Fsp3) is 0. The first-order valence-electron chi connectivity index (χ1n) is 3.94. The second kappa shape index (κ2) is 4.18. The second-order valence-electron chi connectivity index (χ2n) is 2.61. The van der Waals surface area contributed by atoms with Gasteiger partial charge in [-0.25, -0.2) is 0 Å². The summed E-state index contributed by atoms with van der Waals surface area (Å²) in [6.45, 7) is 0. The third-order valence-corrected chi connectivity index (χ3v) is 1.77. The van der Waals surface area contributed by atoms with E-state index >= 15 is 0 Å². The molecule has 0 unspecified atom stereocenters. The number of nitrogen functional groups attached to an aromatic ring is 1. The lowest BCUT2D eigenvalue weighted by Gasteiger charge is -1.96. The highest BCUT2D eigenvalue weighted by Gasteiger charge is 1.89. The summed E-state index contributed by atoms with van der Waals surface area (Å²) in [5.74, 6) is 0. The summed E-state index contributed by atoms with van der Waals surface area (Å²) >= 11 is 0. The molecule has 0 atom stereocenters. The number of anilines is 1. The van der Waals surface area contributed by atoms with E-state index in [4.69, 9.17) is 5.73 Å². The zero-order chi connectivity index (χ0) is 9.68. The van der Waals surface area contributed by atoms with Crippen LogP contribution in [0.1, 0.15) is 0 Å². The zero-order valence-corrected chi connectivity index (χ0v) is 7.27. The minimum Gasteiger partial charge on any atom is -0.399 e. The Kier molecular flexibility index (Phi) is 2.94. The van der Waals surface area contributed by atoms with Gasteiger partial charge >= 0.3 is 0 Å². The zero-order valence-electron chi connectivity index (χ0n) is 7.27. The van der Waals surface area contributed by atoms with Gasteiger partial charge < -0.3 is 5.73 Å². The van der Waals surface area contributed by atoms with E-state index in [-0.39, 0.29) is 0 Å². The molecular weight excluding hydrogens is 158 g/mol. The Bertz CT molecular complexity index is 415. The average Bonchev–Trinajstić information content (AvgIpc) is 2.21. The van der Waals surface area contributed by atoms with Crippen LogP contribution in [0.25, 0.3) is 10.8 Å². The molecule has 0 heterocycles. The van der Waals surface area contributed by atoms with Crippen molar-refractivity contribution in [1.29, 1.82) is 0 Å². The van der Waals surface area contributed by atoms with Gasteiger partial charge in [-0.1, -0.05) is 30.3 Å². The molecule has 0 amide bonds. The van der Waals surface area contributed by atoms with Crippen LogP contribution < -0.4 is 5.73 Å². The molecule has 0 aliphatic rings. The average molecular weight is 169 g/mol. The van der Waals surface area contributed by atoms with E-state index in [1.54, 1.807) is 0 Å². The highest BCUT2D eigenvalue weighted by molar-refractivity contribution is 5.85. The fourth-order valence-corrected chi connectivity index (χ4v) is 1.21. The van der Waals surface area contributed by atoms with Gasteiger partial charge in [-0.15, -0.1) is 12.8 Å². The Morgan fingerprint density at radius 1 is 0.846 bits per heavy atom. The molecule has 13 heavy (non-hydrogen) atoms. The number of nitrogens with two attached hydrogens (primary N) is 1. The van der Waals surface area contributed by atoms with Crippen molar-refractivity contribution < 1.29 is 0 Å². The Labute approximate surface area is 78.2 Å².